The van der Waals surface area contributed by atoms with Crippen molar-refractivity contribution in [2.75, 3.05) is 30.4 Å². The second-order valence-electron chi connectivity index (χ2n) is 6.59. The number of amides is 1. The average Bonchev–Trinajstić information content (AvgIpc) is 3.27. The van der Waals surface area contributed by atoms with Crippen molar-refractivity contribution in [3.8, 4) is 5.88 Å². The first-order valence-electron chi connectivity index (χ1n) is 9.41. The first-order chi connectivity index (χ1) is 14.6. The molecule has 1 aliphatic heterocycles. The van der Waals surface area contributed by atoms with E-state index in [1.54, 1.807) is 18.3 Å². The van der Waals surface area contributed by atoms with Crippen LogP contribution in [-0.2, 0) is 0 Å². The smallest absolute Gasteiger partial charge is 0.269 e. The number of nitrogens with one attached hydrogen (secondary N) is 2. The van der Waals surface area contributed by atoms with Crippen LogP contribution in [0.5, 0.6) is 5.88 Å². The molecule has 0 aromatic carbocycles. The van der Waals surface area contributed by atoms with Gasteiger partial charge in [-0.3, -0.25) is 4.79 Å². The van der Waals surface area contributed by atoms with E-state index >= 15 is 0 Å². The standard InChI is InChI=1S/C19H20FN7O2S/c1-21-18(28)13-2-3-14(17(20)25-13)27-7-4-12(5-8-27)29-16-10-15(23-11-24-16)26-19-22-6-9-30-19/h2-3,6,9-12H,4-5,7-8H2,1H3,(H,21,28)(H,22,23,24,26). The molecular weight excluding hydrogens is 409 g/mol. The van der Waals surface area contributed by atoms with Crippen molar-refractivity contribution in [2.24, 2.45) is 0 Å². The third-order valence-electron chi connectivity index (χ3n) is 4.67. The van der Waals surface area contributed by atoms with Gasteiger partial charge in [-0.1, -0.05) is 0 Å². The number of aromatic nitrogens is 4. The number of halogens is 1. The van der Waals surface area contributed by atoms with Crippen molar-refractivity contribution in [1.29, 1.82) is 0 Å². The molecule has 0 atom stereocenters. The zero-order chi connectivity index (χ0) is 20.9. The van der Waals surface area contributed by atoms with Gasteiger partial charge < -0.3 is 20.3 Å². The number of ether oxygens (including phenoxy) is 1. The van der Waals surface area contributed by atoms with Gasteiger partial charge in [-0.05, 0) is 12.1 Å². The Morgan fingerprint density at radius 1 is 1.27 bits per heavy atom. The highest BCUT2D eigenvalue weighted by atomic mass is 32.1. The first-order valence-corrected chi connectivity index (χ1v) is 10.3. The molecule has 0 aliphatic carbocycles. The van der Waals surface area contributed by atoms with Gasteiger partial charge in [-0.2, -0.15) is 4.39 Å². The van der Waals surface area contributed by atoms with Gasteiger partial charge in [0.2, 0.25) is 11.8 Å². The number of piperidine rings is 1. The number of carbonyl (C=O) groups excluding carboxylic acids is 1. The molecule has 1 aliphatic rings. The number of pyridine rings is 1. The number of carbonyl (C=O) groups is 1. The summed E-state index contributed by atoms with van der Waals surface area (Å²) in [6, 6.07) is 4.85. The van der Waals surface area contributed by atoms with Crippen molar-refractivity contribution in [3.63, 3.8) is 0 Å². The Hall–Kier alpha value is -3.34. The van der Waals surface area contributed by atoms with E-state index < -0.39 is 11.9 Å². The minimum absolute atomic E-state index is 0.0370. The van der Waals surface area contributed by atoms with Crippen molar-refractivity contribution in [3.05, 3.63) is 47.7 Å². The quantitative estimate of drug-likeness (QED) is 0.576. The molecule has 4 rings (SSSR count). The topological polar surface area (TPSA) is 105 Å². The van der Waals surface area contributed by atoms with Gasteiger partial charge in [-0.15, -0.1) is 11.3 Å². The fourth-order valence-corrected chi connectivity index (χ4v) is 3.71. The minimum Gasteiger partial charge on any atom is -0.474 e. The van der Waals surface area contributed by atoms with Gasteiger partial charge in [0.15, 0.2) is 5.13 Å². The summed E-state index contributed by atoms with van der Waals surface area (Å²) < 4.78 is 20.4. The van der Waals surface area contributed by atoms with Crippen molar-refractivity contribution >= 4 is 33.9 Å². The SMILES string of the molecule is CNC(=O)c1ccc(N2CCC(Oc3cc(Nc4nccs4)ncn3)CC2)c(F)n1. The lowest BCUT2D eigenvalue weighted by molar-refractivity contribution is 0.0957. The number of nitrogens with zero attached hydrogens (tertiary/aromatic N) is 5. The van der Waals surface area contributed by atoms with Crippen LogP contribution in [0.2, 0.25) is 0 Å². The van der Waals surface area contributed by atoms with Crippen LogP contribution < -0.4 is 20.3 Å². The van der Waals surface area contributed by atoms with Crippen LogP contribution in [0.25, 0.3) is 0 Å². The lowest BCUT2D eigenvalue weighted by Gasteiger charge is -2.33. The summed E-state index contributed by atoms with van der Waals surface area (Å²) in [5, 5.41) is 8.16. The predicted octanol–water partition coefficient (Wildman–Crippen LogP) is 2.62. The lowest BCUT2D eigenvalue weighted by Crippen LogP contribution is -2.39. The van der Waals surface area contributed by atoms with Crippen LogP contribution in [-0.4, -0.2) is 52.1 Å². The molecule has 3 aromatic rings. The van der Waals surface area contributed by atoms with Gasteiger partial charge in [0, 0.05) is 50.6 Å². The van der Waals surface area contributed by atoms with Crippen LogP contribution in [0.15, 0.2) is 36.1 Å². The van der Waals surface area contributed by atoms with Crippen molar-refractivity contribution in [1.82, 2.24) is 25.3 Å². The van der Waals surface area contributed by atoms with Gasteiger partial charge in [-0.25, -0.2) is 19.9 Å². The van der Waals surface area contributed by atoms with E-state index in [9.17, 15) is 9.18 Å². The molecule has 9 nitrogen and oxygen atoms in total. The van der Waals surface area contributed by atoms with E-state index in [0.29, 0.717) is 43.3 Å². The molecule has 0 unspecified atom stereocenters. The number of hydrogen-bond donors (Lipinski definition) is 2. The zero-order valence-electron chi connectivity index (χ0n) is 16.2. The summed E-state index contributed by atoms with van der Waals surface area (Å²) in [5.41, 5.74) is 0.445. The van der Waals surface area contributed by atoms with Crippen LogP contribution in [0, 0.1) is 5.95 Å². The molecule has 3 aromatic heterocycles. The fraction of sp³-hybridized carbons (Fsp3) is 0.316. The van der Waals surface area contributed by atoms with E-state index in [2.05, 4.69) is 30.6 Å². The number of rotatable bonds is 6. The van der Waals surface area contributed by atoms with Crippen LogP contribution >= 0.6 is 11.3 Å². The number of thiazole rings is 1. The average molecular weight is 429 g/mol. The Morgan fingerprint density at radius 3 is 2.80 bits per heavy atom. The summed E-state index contributed by atoms with van der Waals surface area (Å²) in [4.78, 5) is 29.8. The Morgan fingerprint density at radius 2 is 2.10 bits per heavy atom. The van der Waals surface area contributed by atoms with E-state index in [1.807, 2.05) is 10.3 Å². The van der Waals surface area contributed by atoms with E-state index in [0.717, 1.165) is 5.13 Å². The Labute approximate surface area is 176 Å². The molecule has 1 amide bonds. The van der Waals surface area contributed by atoms with Gasteiger partial charge in [0.05, 0.1) is 5.69 Å². The Balaban J connectivity index is 1.34. The molecule has 4 heterocycles. The molecule has 0 radical (unpaired) electrons. The Kier molecular flexibility index (Phi) is 5.98. The van der Waals surface area contributed by atoms with Crippen molar-refractivity contribution in [2.45, 2.75) is 18.9 Å². The maximum absolute atomic E-state index is 14.4. The molecule has 0 saturated carbocycles. The highest BCUT2D eigenvalue weighted by Gasteiger charge is 2.24. The highest BCUT2D eigenvalue weighted by molar-refractivity contribution is 7.13. The van der Waals surface area contributed by atoms with E-state index in [-0.39, 0.29) is 11.8 Å². The molecular formula is C19H20FN7O2S. The maximum atomic E-state index is 14.4. The van der Waals surface area contributed by atoms with Gasteiger partial charge >= 0.3 is 0 Å². The van der Waals surface area contributed by atoms with E-state index in [4.69, 9.17) is 4.74 Å². The van der Waals surface area contributed by atoms with Gasteiger partial charge in [0.1, 0.15) is 23.9 Å². The minimum atomic E-state index is -0.649. The summed E-state index contributed by atoms with van der Waals surface area (Å²) >= 11 is 1.48. The van der Waals surface area contributed by atoms with Crippen LogP contribution in [0.3, 0.4) is 0 Å². The summed E-state index contributed by atoms with van der Waals surface area (Å²) in [5.74, 6) is 0.0207. The number of anilines is 3. The molecule has 11 heteroatoms. The number of hydrogen-bond acceptors (Lipinski definition) is 9. The molecule has 0 bridgehead atoms. The molecule has 156 valence electrons. The first kappa shape index (κ1) is 20.0. The molecule has 1 saturated heterocycles. The molecule has 1 fully saturated rings. The monoisotopic (exact) mass is 429 g/mol. The van der Waals surface area contributed by atoms with Crippen LogP contribution in [0.1, 0.15) is 23.3 Å². The summed E-state index contributed by atoms with van der Waals surface area (Å²) in [6.45, 7) is 1.22. The lowest BCUT2D eigenvalue weighted by atomic mass is 10.1. The maximum Gasteiger partial charge on any atom is 0.269 e. The molecule has 0 spiro atoms. The summed E-state index contributed by atoms with van der Waals surface area (Å²) in [7, 11) is 1.48. The predicted molar refractivity (Wildman–Crippen MR) is 111 cm³/mol. The third kappa shape index (κ3) is 4.62. The Bertz CT molecular complexity index is 1010. The third-order valence-corrected chi connectivity index (χ3v) is 5.36. The normalized spacial score (nSPS) is 14.4. The van der Waals surface area contributed by atoms with Crippen molar-refractivity contribution < 1.29 is 13.9 Å². The van der Waals surface area contributed by atoms with Gasteiger partial charge in [0.25, 0.3) is 5.91 Å². The fourth-order valence-electron chi connectivity index (χ4n) is 3.17. The molecule has 30 heavy (non-hydrogen) atoms. The van der Waals surface area contributed by atoms with Crippen LogP contribution in [0.4, 0.5) is 21.0 Å². The second kappa shape index (κ2) is 8.99. The van der Waals surface area contributed by atoms with E-state index in [1.165, 1.54) is 30.8 Å². The second-order valence-corrected chi connectivity index (χ2v) is 7.49. The highest BCUT2D eigenvalue weighted by Crippen LogP contribution is 2.25. The zero-order valence-corrected chi connectivity index (χ0v) is 17.0. The largest absolute Gasteiger partial charge is 0.474 e. The summed E-state index contributed by atoms with van der Waals surface area (Å²) in [6.07, 6.45) is 4.52. The molecule has 2 N–H and O–H groups in total.